The molecule has 1 saturated heterocycles. The Hall–Kier alpha value is -4.52. The summed E-state index contributed by atoms with van der Waals surface area (Å²) in [5.41, 5.74) is -0.437. The number of phenols is 1. The Kier molecular flexibility index (Phi) is 7.06. The fourth-order valence-corrected chi connectivity index (χ4v) is 8.85. The Morgan fingerprint density at radius 2 is 1.62 bits per heavy atom. The monoisotopic (exact) mass is 673 g/mol. The maximum absolute atomic E-state index is 16.3. The molecule has 3 aromatic heterocycles. The number of fused-ring (bicyclic) bond motifs is 2. The van der Waals surface area contributed by atoms with Gasteiger partial charge in [0.25, 0.3) is 5.56 Å². The van der Waals surface area contributed by atoms with Crippen LogP contribution >= 0.6 is 0 Å². The quantitative estimate of drug-likeness (QED) is 0.250. The first-order valence-electron chi connectivity index (χ1n) is 16.2. The first-order chi connectivity index (χ1) is 23.0. The van der Waals surface area contributed by atoms with Crippen molar-refractivity contribution in [3.8, 4) is 22.7 Å². The summed E-state index contributed by atoms with van der Waals surface area (Å²) < 4.78 is 60.0. The summed E-state index contributed by atoms with van der Waals surface area (Å²) in [6, 6.07) is 4.64. The molecule has 248 valence electrons. The second kappa shape index (κ2) is 11.0. The number of pyridine rings is 2. The third-order valence-corrected chi connectivity index (χ3v) is 11.4. The summed E-state index contributed by atoms with van der Waals surface area (Å²) in [5.74, 6) is -2.54. The molecule has 0 spiro atoms. The molecule has 0 amide bonds. The normalized spacial score (nSPS) is 22.3. The first kappa shape index (κ1) is 30.8. The van der Waals surface area contributed by atoms with Gasteiger partial charge in [0.1, 0.15) is 23.6 Å². The number of carbonyl (C=O) groups excluding carboxylic acids is 1. The number of benzene rings is 1. The van der Waals surface area contributed by atoms with Crippen molar-refractivity contribution >= 4 is 32.3 Å². The minimum absolute atomic E-state index is 0.0171. The lowest BCUT2D eigenvalue weighted by molar-refractivity contribution is -0.118. The van der Waals surface area contributed by atoms with Crippen molar-refractivity contribution in [1.29, 1.82) is 0 Å². The number of hydrogen-bond donors (Lipinski definition) is 1. The van der Waals surface area contributed by atoms with E-state index in [4.69, 9.17) is 0 Å². The highest BCUT2D eigenvalue weighted by Gasteiger charge is 2.45. The first-order valence-corrected chi connectivity index (χ1v) is 18.1. The highest BCUT2D eigenvalue weighted by atomic mass is 32.2. The largest absolute Gasteiger partial charge is 0.507 e. The molecule has 3 saturated carbocycles. The number of halogens is 2. The van der Waals surface area contributed by atoms with Gasteiger partial charge in [-0.15, -0.1) is 0 Å². The van der Waals surface area contributed by atoms with Gasteiger partial charge in [0.15, 0.2) is 32.0 Å². The average Bonchev–Trinajstić information content (AvgIpc) is 3.97. The Morgan fingerprint density at radius 3 is 2.17 bits per heavy atom. The maximum atomic E-state index is 16.3. The number of allylic oxidation sites excluding steroid dienone is 1. The zero-order chi connectivity index (χ0) is 33.6. The summed E-state index contributed by atoms with van der Waals surface area (Å²) >= 11 is 0. The fraction of sp³-hybridized carbons (Fsp3) is 0.400. The van der Waals surface area contributed by atoms with Crippen LogP contribution < -0.4 is 10.5 Å². The van der Waals surface area contributed by atoms with Crippen LogP contribution in [0.1, 0.15) is 61.7 Å². The Balaban J connectivity index is 1.44. The van der Waals surface area contributed by atoms with Crippen molar-refractivity contribution in [3.05, 3.63) is 76.6 Å². The van der Waals surface area contributed by atoms with Gasteiger partial charge >= 0.3 is 0 Å². The lowest BCUT2D eigenvalue weighted by atomic mass is 10.0. The SMILES string of the molecule is C=CC(=O)C1C[C@@H]2CN(c3c(S(C)(=O)=O)c(=O)n(-c4c(C5CC5)ncnc4C4CC4)c4nc(-c5c(O)cccc5F)c(F)cc34)C[C@@H]2C1. The zero-order valence-corrected chi connectivity index (χ0v) is 27.0. The summed E-state index contributed by atoms with van der Waals surface area (Å²) in [6.45, 7) is 4.31. The minimum atomic E-state index is -4.23. The van der Waals surface area contributed by atoms with Crippen LogP contribution in [-0.2, 0) is 14.6 Å². The van der Waals surface area contributed by atoms with Gasteiger partial charge in [-0.25, -0.2) is 32.2 Å². The zero-order valence-electron chi connectivity index (χ0n) is 26.2. The summed E-state index contributed by atoms with van der Waals surface area (Å²) in [5, 5.41) is 10.7. The van der Waals surface area contributed by atoms with Crippen LogP contribution in [0, 0.1) is 29.4 Å². The van der Waals surface area contributed by atoms with Crippen LogP contribution in [-0.4, -0.2) is 58.2 Å². The van der Waals surface area contributed by atoms with E-state index in [2.05, 4.69) is 21.5 Å². The van der Waals surface area contributed by atoms with Crippen LogP contribution in [0.4, 0.5) is 14.5 Å². The number of anilines is 1. The molecule has 3 aliphatic carbocycles. The van der Waals surface area contributed by atoms with E-state index in [9.17, 15) is 23.1 Å². The summed E-state index contributed by atoms with van der Waals surface area (Å²) in [6.07, 6.45) is 8.20. The molecule has 8 rings (SSSR count). The molecular weight excluding hydrogens is 640 g/mol. The smallest absolute Gasteiger partial charge is 0.277 e. The molecule has 0 bridgehead atoms. The second-order valence-electron chi connectivity index (χ2n) is 13.7. The van der Waals surface area contributed by atoms with Crippen LogP contribution in [0.2, 0.25) is 0 Å². The van der Waals surface area contributed by atoms with E-state index in [1.54, 1.807) is 4.90 Å². The molecule has 1 N–H and O–H groups in total. The molecule has 1 aromatic carbocycles. The van der Waals surface area contributed by atoms with E-state index >= 15 is 8.78 Å². The van der Waals surface area contributed by atoms with Gasteiger partial charge in [-0.3, -0.25) is 14.2 Å². The van der Waals surface area contributed by atoms with E-state index in [0.29, 0.717) is 43.0 Å². The highest BCUT2D eigenvalue weighted by Crippen LogP contribution is 2.49. The highest BCUT2D eigenvalue weighted by molar-refractivity contribution is 7.90. The molecule has 4 heterocycles. The van der Waals surface area contributed by atoms with Gasteiger partial charge in [-0.2, -0.15) is 0 Å². The third-order valence-electron chi connectivity index (χ3n) is 10.3. The lowest BCUT2D eigenvalue weighted by Gasteiger charge is -2.27. The number of rotatable bonds is 8. The van der Waals surface area contributed by atoms with E-state index in [0.717, 1.165) is 44.1 Å². The minimum Gasteiger partial charge on any atom is -0.507 e. The number of aromatic nitrogens is 4. The number of hydrogen-bond acceptors (Lipinski definition) is 9. The van der Waals surface area contributed by atoms with Crippen molar-refractivity contribution in [2.24, 2.45) is 17.8 Å². The predicted molar refractivity (Wildman–Crippen MR) is 174 cm³/mol. The van der Waals surface area contributed by atoms with Crippen LogP contribution in [0.15, 0.2) is 52.9 Å². The summed E-state index contributed by atoms with van der Waals surface area (Å²) in [7, 11) is -4.23. The molecule has 10 nitrogen and oxygen atoms in total. The van der Waals surface area contributed by atoms with Crippen LogP contribution in [0.25, 0.3) is 28.0 Å². The van der Waals surface area contributed by atoms with Crippen LogP contribution in [0.3, 0.4) is 0 Å². The van der Waals surface area contributed by atoms with Crippen LogP contribution in [0.5, 0.6) is 5.75 Å². The van der Waals surface area contributed by atoms with Crippen molar-refractivity contribution < 1.29 is 27.1 Å². The van der Waals surface area contributed by atoms with E-state index in [1.165, 1.54) is 29.1 Å². The number of aromatic hydroxyl groups is 1. The molecule has 48 heavy (non-hydrogen) atoms. The number of ketones is 1. The Bertz CT molecular complexity index is 2170. The van der Waals surface area contributed by atoms with Crippen molar-refractivity contribution in [1.82, 2.24) is 19.5 Å². The van der Waals surface area contributed by atoms with Gasteiger partial charge in [-0.1, -0.05) is 12.6 Å². The van der Waals surface area contributed by atoms with E-state index < -0.39 is 48.9 Å². The number of sulfone groups is 1. The molecule has 4 fully saturated rings. The van der Waals surface area contributed by atoms with E-state index in [-0.39, 0.29) is 52.1 Å². The van der Waals surface area contributed by atoms with Gasteiger partial charge in [0.2, 0.25) is 0 Å². The molecule has 0 radical (unpaired) electrons. The fourth-order valence-electron chi connectivity index (χ4n) is 7.85. The third kappa shape index (κ3) is 4.92. The molecular formula is C35H33F2N5O5S. The molecule has 1 aliphatic heterocycles. The van der Waals surface area contributed by atoms with Crippen molar-refractivity contribution in [2.75, 3.05) is 24.2 Å². The molecule has 13 heteroatoms. The number of phenolic OH excluding ortho intramolecular Hbond substituents is 1. The summed E-state index contributed by atoms with van der Waals surface area (Å²) in [4.78, 5) is 42.3. The van der Waals surface area contributed by atoms with Crippen molar-refractivity contribution in [3.63, 3.8) is 0 Å². The van der Waals surface area contributed by atoms with E-state index in [1.807, 2.05) is 0 Å². The topological polar surface area (TPSA) is 135 Å². The average molecular weight is 674 g/mol. The molecule has 1 unspecified atom stereocenters. The van der Waals surface area contributed by atoms with Gasteiger partial charge in [0, 0.05) is 42.5 Å². The Labute approximate surface area is 275 Å². The lowest BCUT2D eigenvalue weighted by Crippen LogP contribution is -2.33. The van der Waals surface area contributed by atoms with Gasteiger partial charge in [0.05, 0.1) is 28.3 Å². The standard InChI is InChI=1S/C35H33F2N5O5S/c1-3-25(43)19-11-20-14-41(15-21(20)12-19)31-22-13-24(37)30(27-23(36)5-4-6-26(27)44)40-34(22)42(35(45)33(31)48(2,46)47)32-28(17-7-8-17)38-16-39-29(32)18-9-10-18/h3-6,13,16-21,44H,1,7-12,14-15H2,2H3/t19?,20-,21+. The van der Waals surface area contributed by atoms with Crippen molar-refractivity contribution in [2.45, 2.75) is 55.3 Å². The molecule has 3 atom stereocenters. The van der Waals surface area contributed by atoms with Gasteiger partial charge < -0.3 is 10.0 Å². The molecule has 4 aromatic rings. The number of nitrogens with zero attached hydrogens (tertiary/aromatic N) is 5. The Morgan fingerprint density at radius 1 is 1.00 bits per heavy atom. The second-order valence-corrected chi connectivity index (χ2v) is 15.6. The maximum Gasteiger partial charge on any atom is 0.277 e. The van der Waals surface area contributed by atoms with Gasteiger partial charge in [-0.05, 0) is 74.6 Å². The molecule has 4 aliphatic rings. The predicted octanol–water partition coefficient (Wildman–Crippen LogP) is 5.20. The number of carbonyl (C=O) groups is 1.